The molecular weight excluding hydrogens is 244 g/mol. The second-order valence-corrected chi connectivity index (χ2v) is 3.83. The number of nitrogens with zero attached hydrogens (tertiary/aromatic N) is 1. The number of carbonyl (C=O) groups is 1. The van der Waals surface area contributed by atoms with Crippen LogP contribution < -0.4 is 10.2 Å². The predicted molar refractivity (Wildman–Crippen MR) is 74.4 cm³/mol. The summed E-state index contributed by atoms with van der Waals surface area (Å²) in [5.41, 5.74) is 2.86. The zero-order valence-electron chi connectivity index (χ0n) is 11.4. The first-order chi connectivity index (χ1) is 9.29. The van der Waals surface area contributed by atoms with E-state index in [-0.39, 0.29) is 5.91 Å². The maximum Gasteiger partial charge on any atom is 0.275 e. The lowest BCUT2D eigenvalue weighted by molar-refractivity contribution is 0.0949. The van der Waals surface area contributed by atoms with Crippen molar-refractivity contribution in [2.24, 2.45) is 5.10 Å². The van der Waals surface area contributed by atoms with Crippen LogP contribution in [-0.4, -0.2) is 25.5 Å². The molecule has 1 aromatic carbocycles. The zero-order chi connectivity index (χ0) is 13.9. The molecule has 0 saturated carbocycles. The van der Waals surface area contributed by atoms with Crippen molar-refractivity contribution in [1.82, 2.24) is 5.43 Å². The highest BCUT2D eigenvalue weighted by atomic mass is 16.5. The van der Waals surface area contributed by atoms with Gasteiger partial charge in [0.25, 0.3) is 5.91 Å². The van der Waals surface area contributed by atoms with Gasteiger partial charge in [0, 0.05) is 0 Å². The van der Waals surface area contributed by atoms with Crippen LogP contribution in [0.5, 0.6) is 5.75 Å². The number of carbonyl (C=O) groups excluding carboxylic acids is 1. The van der Waals surface area contributed by atoms with Crippen molar-refractivity contribution < 1.29 is 14.3 Å². The van der Waals surface area contributed by atoms with Gasteiger partial charge in [-0.05, 0) is 25.5 Å². The largest absolute Gasteiger partial charge is 0.493 e. The van der Waals surface area contributed by atoms with Gasteiger partial charge in [-0.1, -0.05) is 25.5 Å². The Morgan fingerprint density at radius 3 is 2.89 bits per heavy atom. The van der Waals surface area contributed by atoms with Crippen molar-refractivity contribution in [2.45, 2.75) is 26.7 Å². The van der Waals surface area contributed by atoms with Crippen LogP contribution in [0.1, 0.15) is 37.0 Å². The maximum absolute atomic E-state index is 11.9. The first-order valence-corrected chi connectivity index (χ1v) is 6.44. The number of para-hydroxylation sites is 1. The second-order valence-electron chi connectivity index (χ2n) is 3.83. The van der Waals surface area contributed by atoms with Gasteiger partial charge in [-0.2, -0.15) is 0 Å². The van der Waals surface area contributed by atoms with Crippen LogP contribution >= 0.6 is 0 Å². The Kier molecular flexibility index (Phi) is 7.09. The summed E-state index contributed by atoms with van der Waals surface area (Å²) in [6, 6.07) is 7.10. The summed E-state index contributed by atoms with van der Waals surface area (Å²) in [5, 5.41) is 3.67. The first-order valence-electron chi connectivity index (χ1n) is 6.44. The van der Waals surface area contributed by atoms with Crippen molar-refractivity contribution in [2.75, 3.05) is 13.2 Å². The van der Waals surface area contributed by atoms with Gasteiger partial charge in [0.05, 0.1) is 18.8 Å². The van der Waals surface area contributed by atoms with Crippen molar-refractivity contribution in [1.29, 1.82) is 0 Å². The Bertz CT molecular complexity index is 419. The quantitative estimate of drug-likeness (QED) is 0.340. The Morgan fingerprint density at radius 1 is 1.37 bits per heavy atom. The number of ether oxygens (including phenoxy) is 2. The van der Waals surface area contributed by atoms with Gasteiger partial charge >= 0.3 is 0 Å². The third kappa shape index (κ3) is 5.42. The van der Waals surface area contributed by atoms with E-state index in [1.165, 1.54) is 6.40 Å². The van der Waals surface area contributed by atoms with Gasteiger partial charge in [0.1, 0.15) is 5.75 Å². The van der Waals surface area contributed by atoms with Gasteiger partial charge in [-0.25, -0.2) is 5.43 Å². The number of hydrogen-bond acceptors (Lipinski definition) is 4. The molecule has 0 aliphatic rings. The monoisotopic (exact) mass is 264 g/mol. The van der Waals surface area contributed by atoms with E-state index in [9.17, 15) is 4.79 Å². The number of nitrogens with one attached hydrogen (secondary N) is 1. The van der Waals surface area contributed by atoms with E-state index in [1.54, 1.807) is 18.2 Å². The molecule has 0 aliphatic carbocycles. The molecule has 0 aromatic heterocycles. The molecule has 1 rings (SSSR count). The van der Waals surface area contributed by atoms with Crippen molar-refractivity contribution in [3.05, 3.63) is 29.8 Å². The summed E-state index contributed by atoms with van der Waals surface area (Å²) in [6.45, 7) is 5.04. The minimum absolute atomic E-state index is 0.317. The zero-order valence-corrected chi connectivity index (χ0v) is 11.4. The van der Waals surface area contributed by atoms with Crippen molar-refractivity contribution in [3.63, 3.8) is 0 Å². The van der Waals surface area contributed by atoms with E-state index < -0.39 is 0 Å². The number of hydrazone groups is 1. The van der Waals surface area contributed by atoms with Gasteiger partial charge in [0.15, 0.2) is 6.40 Å². The van der Waals surface area contributed by atoms with Crippen LogP contribution in [0.4, 0.5) is 0 Å². The summed E-state index contributed by atoms with van der Waals surface area (Å²) >= 11 is 0. The van der Waals surface area contributed by atoms with E-state index in [2.05, 4.69) is 17.5 Å². The first kappa shape index (κ1) is 15.0. The molecule has 0 spiro atoms. The number of hydrogen-bond donors (Lipinski definition) is 1. The van der Waals surface area contributed by atoms with Crippen LogP contribution in [0.2, 0.25) is 0 Å². The smallest absolute Gasteiger partial charge is 0.275 e. The van der Waals surface area contributed by atoms with Crippen LogP contribution in [0.3, 0.4) is 0 Å². The second kappa shape index (κ2) is 8.97. The van der Waals surface area contributed by atoms with E-state index in [4.69, 9.17) is 9.47 Å². The highest BCUT2D eigenvalue weighted by Crippen LogP contribution is 2.18. The summed E-state index contributed by atoms with van der Waals surface area (Å²) in [6.07, 6.45) is 3.21. The minimum atomic E-state index is -0.317. The number of benzene rings is 1. The fraction of sp³-hybridized carbons (Fsp3) is 0.429. The lowest BCUT2D eigenvalue weighted by Crippen LogP contribution is -2.19. The standard InChI is InChI=1S/C14H20N2O3/c1-3-5-10-19-13-9-7-6-8-12(13)14(17)16-15-11-18-4-2/h6-9,11H,3-5,10H2,1-2H3,(H,16,17). The van der Waals surface area contributed by atoms with Gasteiger partial charge in [-0.15, -0.1) is 5.10 Å². The molecule has 5 nitrogen and oxygen atoms in total. The normalized spacial score (nSPS) is 10.4. The molecule has 0 heterocycles. The highest BCUT2D eigenvalue weighted by molar-refractivity contribution is 5.96. The van der Waals surface area contributed by atoms with E-state index in [0.29, 0.717) is 24.5 Å². The number of rotatable bonds is 8. The molecule has 1 amide bonds. The summed E-state index contributed by atoms with van der Waals surface area (Å²) in [4.78, 5) is 11.9. The molecule has 0 fully saturated rings. The van der Waals surface area contributed by atoms with Crippen LogP contribution in [0.25, 0.3) is 0 Å². The minimum Gasteiger partial charge on any atom is -0.493 e. The molecule has 104 valence electrons. The molecule has 0 atom stereocenters. The number of unbranched alkanes of at least 4 members (excludes halogenated alkanes) is 1. The summed E-state index contributed by atoms with van der Waals surface area (Å²) in [7, 11) is 0. The molecule has 1 N–H and O–H groups in total. The molecule has 0 bridgehead atoms. The van der Waals surface area contributed by atoms with Crippen LogP contribution in [0.15, 0.2) is 29.4 Å². The lowest BCUT2D eigenvalue weighted by Gasteiger charge is -2.09. The average Bonchev–Trinajstić information content (AvgIpc) is 2.44. The molecule has 1 aromatic rings. The highest BCUT2D eigenvalue weighted by Gasteiger charge is 2.10. The maximum atomic E-state index is 11.9. The van der Waals surface area contributed by atoms with Crippen LogP contribution in [0, 0.1) is 0 Å². The van der Waals surface area contributed by atoms with E-state index in [0.717, 1.165) is 12.8 Å². The van der Waals surface area contributed by atoms with Gasteiger partial charge in [0.2, 0.25) is 0 Å². The fourth-order valence-electron chi connectivity index (χ4n) is 1.36. The SMILES string of the molecule is CCCCOc1ccccc1C(=O)NN=COCC. The molecule has 0 unspecified atom stereocenters. The number of amides is 1. The molecule has 19 heavy (non-hydrogen) atoms. The molecule has 0 radical (unpaired) electrons. The summed E-state index contributed by atoms with van der Waals surface area (Å²) in [5.74, 6) is 0.253. The van der Waals surface area contributed by atoms with Gasteiger partial charge in [-0.3, -0.25) is 4.79 Å². The molecule has 0 aliphatic heterocycles. The predicted octanol–water partition coefficient (Wildman–Crippen LogP) is 2.58. The Hall–Kier alpha value is -2.04. The van der Waals surface area contributed by atoms with Crippen molar-refractivity contribution >= 4 is 12.3 Å². The topological polar surface area (TPSA) is 59.9 Å². The lowest BCUT2D eigenvalue weighted by atomic mass is 10.2. The Balaban J connectivity index is 2.62. The third-order valence-electron chi connectivity index (χ3n) is 2.35. The molecule has 5 heteroatoms. The van der Waals surface area contributed by atoms with Crippen LogP contribution in [-0.2, 0) is 4.74 Å². The van der Waals surface area contributed by atoms with Gasteiger partial charge < -0.3 is 9.47 Å². The van der Waals surface area contributed by atoms with E-state index >= 15 is 0 Å². The van der Waals surface area contributed by atoms with E-state index in [1.807, 2.05) is 13.0 Å². The molecule has 0 saturated heterocycles. The van der Waals surface area contributed by atoms with Crippen molar-refractivity contribution in [3.8, 4) is 5.75 Å². The Morgan fingerprint density at radius 2 is 2.16 bits per heavy atom. The average molecular weight is 264 g/mol. The third-order valence-corrected chi connectivity index (χ3v) is 2.35. The molecular formula is C14H20N2O3. The Labute approximate surface area is 113 Å². The summed E-state index contributed by atoms with van der Waals surface area (Å²) < 4.78 is 10.5. The fourth-order valence-corrected chi connectivity index (χ4v) is 1.36.